The van der Waals surface area contributed by atoms with Gasteiger partial charge in [0, 0.05) is 22.0 Å². The molecule has 3 rings (SSSR count). The highest BCUT2D eigenvalue weighted by molar-refractivity contribution is 7.84. The molecule has 29 heavy (non-hydrogen) atoms. The van der Waals surface area contributed by atoms with Crippen LogP contribution in [0, 0.1) is 0 Å². The Balaban J connectivity index is 1.63. The maximum absolute atomic E-state index is 12.5. The van der Waals surface area contributed by atoms with Gasteiger partial charge in [-0.05, 0) is 36.4 Å². The van der Waals surface area contributed by atoms with Gasteiger partial charge in [-0.3, -0.25) is 9.00 Å². The Kier molecular flexibility index (Phi) is 6.95. The minimum atomic E-state index is -1.33. The third-order valence-electron chi connectivity index (χ3n) is 4.14. The average molecular weight is 434 g/mol. The van der Waals surface area contributed by atoms with Gasteiger partial charge in [0.05, 0.1) is 30.8 Å². The summed E-state index contributed by atoms with van der Waals surface area (Å²) in [5.74, 6) is 1.51. The highest BCUT2D eigenvalue weighted by atomic mass is 35.5. The predicted molar refractivity (Wildman–Crippen MR) is 111 cm³/mol. The number of nitrogens with one attached hydrogen (secondary N) is 1. The van der Waals surface area contributed by atoms with Crippen LogP contribution >= 0.6 is 11.6 Å². The van der Waals surface area contributed by atoms with Crippen molar-refractivity contribution in [2.75, 3.05) is 14.2 Å². The molecule has 0 unspecified atom stereocenters. The van der Waals surface area contributed by atoms with Crippen molar-refractivity contribution >= 4 is 28.3 Å². The number of carbonyl (C=O) groups excluding carboxylic acids is 1. The minimum Gasteiger partial charge on any atom is -0.493 e. The van der Waals surface area contributed by atoms with Gasteiger partial charge in [0.2, 0.25) is 0 Å². The zero-order valence-electron chi connectivity index (χ0n) is 15.9. The quantitative estimate of drug-likeness (QED) is 0.576. The van der Waals surface area contributed by atoms with Gasteiger partial charge in [-0.15, -0.1) is 0 Å². The first-order valence-electron chi connectivity index (χ1n) is 8.72. The molecule has 0 aliphatic heterocycles. The van der Waals surface area contributed by atoms with Crippen LogP contribution in [0.1, 0.15) is 21.9 Å². The van der Waals surface area contributed by atoms with Gasteiger partial charge in [-0.2, -0.15) is 0 Å². The van der Waals surface area contributed by atoms with Crippen LogP contribution in [0.15, 0.2) is 63.9 Å². The van der Waals surface area contributed by atoms with E-state index in [0.29, 0.717) is 27.2 Å². The van der Waals surface area contributed by atoms with Crippen molar-refractivity contribution in [3.8, 4) is 11.5 Å². The number of halogens is 1. The second kappa shape index (κ2) is 9.62. The molecule has 8 heteroatoms. The van der Waals surface area contributed by atoms with E-state index in [1.807, 2.05) is 12.1 Å². The number of amides is 1. The molecule has 0 radical (unpaired) electrons. The summed E-state index contributed by atoms with van der Waals surface area (Å²) < 4.78 is 28.6. The Morgan fingerprint density at radius 2 is 1.90 bits per heavy atom. The number of furan rings is 1. The zero-order chi connectivity index (χ0) is 20.8. The van der Waals surface area contributed by atoms with Crippen molar-refractivity contribution in [1.29, 1.82) is 0 Å². The van der Waals surface area contributed by atoms with Gasteiger partial charge in [0.25, 0.3) is 5.91 Å². The summed E-state index contributed by atoms with van der Waals surface area (Å²) in [6.07, 6.45) is 0. The van der Waals surface area contributed by atoms with Crippen molar-refractivity contribution in [2.45, 2.75) is 17.2 Å². The number of hydrogen-bond acceptors (Lipinski definition) is 5. The first-order chi connectivity index (χ1) is 14.0. The van der Waals surface area contributed by atoms with Crippen molar-refractivity contribution in [3.63, 3.8) is 0 Å². The molecule has 3 aromatic rings. The fourth-order valence-corrected chi connectivity index (χ4v) is 4.08. The summed E-state index contributed by atoms with van der Waals surface area (Å²) in [4.78, 5) is 13.0. The van der Waals surface area contributed by atoms with Crippen LogP contribution in [0.3, 0.4) is 0 Å². The second-order valence-corrected chi connectivity index (χ2v) is 7.94. The lowest BCUT2D eigenvalue weighted by Gasteiger charge is -2.12. The average Bonchev–Trinajstić information content (AvgIpc) is 3.20. The summed E-state index contributed by atoms with van der Waals surface area (Å²) in [6, 6.07) is 15.5. The lowest BCUT2D eigenvalue weighted by atomic mass is 10.2. The highest BCUT2D eigenvalue weighted by Crippen LogP contribution is 2.30. The third-order valence-corrected chi connectivity index (χ3v) is 5.70. The Labute approximate surface area is 176 Å². The number of para-hydroxylation sites is 1. The van der Waals surface area contributed by atoms with E-state index < -0.39 is 10.8 Å². The van der Waals surface area contributed by atoms with E-state index in [1.165, 1.54) is 0 Å². The molecule has 0 saturated heterocycles. The monoisotopic (exact) mass is 433 g/mol. The van der Waals surface area contributed by atoms with Crippen molar-refractivity contribution < 1.29 is 22.9 Å². The van der Waals surface area contributed by atoms with Gasteiger partial charge in [-0.25, -0.2) is 0 Å². The number of methoxy groups -OCH3 is 2. The highest BCUT2D eigenvalue weighted by Gasteiger charge is 2.15. The number of benzene rings is 2. The summed E-state index contributed by atoms with van der Waals surface area (Å²) in [6.45, 7) is 0.240. The van der Waals surface area contributed by atoms with Gasteiger partial charge in [0.15, 0.2) is 17.3 Å². The first-order valence-corrected chi connectivity index (χ1v) is 10.4. The predicted octanol–water partition coefficient (Wildman–Crippen LogP) is 4.19. The molecule has 1 heterocycles. The van der Waals surface area contributed by atoms with Crippen molar-refractivity contribution in [2.24, 2.45) is 0 Å². The molecular weight excluding hydrogens is 414 g/mol. The molecule has 2 aromatic carbocycles. The van der Waals surface area contributed by atoms with Crippen LogP contribution in [0.25, 0.3) is 0 Å². The maximum Gasteiger partial charge on any atom is 0.287 e. The molecule has 1 aromatic heterocycles. The molecule has 1 N–H and O–H groups in total. The molecule has 6 nitrogen and oxygen atoms in total. The van der Waals surface area contributed by atoms with E-state index in [4.69, 9.17) is 25.5 Å². The number of carbonyl (C=O) groups is 1. The number of rotatable bonds is 8. The van der Waals surface area contributed by atoms with Crippen LogP contribution in [0.5, 0.6) is 11.5 Å². The molecule has 0 aliphatic rings. The molecule has 0 fully saturated rings. The fraction of sp³-hybridized carbons (Fsp3) is 0.190. The fourth-order valence-electron chi connectivity index (χ4n) is 2.75. The molecule has 0 aliphatic carbocycles. The second-order valence-electron chi connectivity index (χ2n) is 6.05. The normalized spacial score (nSPS) is 11.7. The van der Waals surface area contributed by atoms with E-state index >= 15 is 0 Å². The molecule has 0 spiro atoms. The first kappa shape index (κ1) is 21.0. The Bertz CT molecular complexity index is 1030. The van der Waals surface area contributed by atoms with Crippen LogP contribution in [0.4, 0.5) is 0 Å². The maximum atomic E-state index is 12.5. The van der Waals surface area contributed by atoms with Gasteiger partial charge in [-0.1, -0.05) is 29.8 Å². The molecule has 1 atom stereocenters. The van der Waals surface area contributed by atoms with Gasteiger partial charge >= 0.3 is 0 Å². The van der Waals surface area contributed by atoms with E-state index in [1.54, 1.807) is 56.7 Å². The lowest BCUT2D eigenvalue weighted by Crippen LogP contribution is -2.22. The van der Waals surface area contributed by atoms with E-state index in [-0.39, 0.29) is 24.0 Å². The standard InChI is InChI=1S/C21H20ClNO5S/c1-26-18-8-3-5-14(20(18)27-2)12-23-21(24)19-10-9-16(28-19)13-29(25)17-7-4-6-15(22)11-17/h3-11H,12-13H2,1-2H3,(H,23,24)/t29-/m1/s1. The van der Waals surface area contributed by atoms with Crippen molar-refractivity contribution in [3.05, 3.63) is 76.7 Å². The topological polar surface area (TPSA) is 77.8 Å². The Hall–Kier alpha value is -2.77. The van der Waals surface area contributed by atoms with E-state index in [0.717, 1.165) is 5.56 Å². The molecule has 1 amide bonds. The number of hydrogen-bond donors (Lipinski definition) is 1. The van der Waals surface area contributed by atoms with Crippen LogP contribution in [-0.2, 0) is 23.1 Å². The molecule has 0 saturated carbocycles. The molecular formula is C21H20ClNO5S. The molecule has 0 bridgehead atoms. The Morgan fingerprint density at radius 3 is 2.62 bits per heavy atom. The summed E-state index contributed by atoms with van der Waals surface area (Å²) in [5, 5.41) is 3.30. The van der Waals surface area contributed by atoms with E-state index in [2.05, 4.69) is 5.32 Å². The summed E-state index contributed by atoms with van der Waals surface area (Å²) in [7, 11) is 1.77. The third kappa shape index (κ3) is 5.19. The van der Waals surface area contributed by atoms with Crippen LogP contribution in [0.2, 0.25) is 5.02 Å². The van der Waals surface area contributed by atoms with Crippen molar-refractivity contribution in [1.82, 2.24) is 5.32 Å². The largest absolute Gasteiger partial charge is 0.493 e. The number of ether oxygens (including phenoxy) is 2. The van der Waals surface area contributed by atoms with Gasteiger partial charge in [0.1, 0.15) is 5.76 Å². The zero-order valence-corrected chi connectivity index (χ0v) is 17.5. The van der Waals surface area contributed by atoms with Crippen LogP contribution in [-0.4, -0.2) is 24.3 Å². The minimum absolute atomic E-state index is 0.143. The smallest absolute Gasteiger partial charge is 0.287 e. The Morgan fingerprint density at radius 1 is 1.10 bits per heavy atom. The van der Waals surface area contributed by atoms with E-state index in [9.17, 15) is 9.00 Å². The molecule has 152 valence electrons. The summed E-state index contributed by atoms with van der Waals surface area (Å²) >= 11 is 5.94. The summed E-state index contributed by atoms with van der Waals surface area (Å²) in [5.41, 5.74) is 0.772. The van der Waals surface area contributed by atoms with Gasteiger partial charge < -0.3 is 19.2 Å². The van der Waals surface area contributed by atoms with Crippen LogP contribution < -0.4 is 14.8 Å². The lowest BCUT2D eigenvalue weighted by molar-refractivity contribution is 0.0921. The SMILES string of the molecule is COc1cccc(CNC(=O)c2ccc(C[S@@](=O)c3cccc(Cl)c3)o2)c1OC.